The van der Waals surface area contributed by atoms with Crippen molar-refractivity contribution in [3.63, 3.8) is 0 Å². The highest BCUT2D eigenvalue weighted by Gasteiger charge is 2.17. The van der Waals surface area contributed by atoms with Crippen LogP contribution >= 0.6 is 0 Å². The van der Waals surface area contributed by atoms with E-state index in [1.54, 1.807) is 0 Å². The van der Waals surface area contributed by atoms with Gasteiger partial charge in [-0.3, -0.25) is 9.59 Å². The summed E-state index contributed by atoms with van der Waals surface area (Å²) in [4.78, 5) is 22.1. The molecule has 0 aromatic heterocycles. The van der Waals surface area contributed by atoms with E-state index in [9.17, 15) is 18.4 Å². The molecule has 1 aromatic carbocycles. The SMILES string of the molecule is C[C@H](NC(=O)c1cc(F)ccc1F)C(N)=O. The molecule has 0 heterocycles. The Morgan fingerprint density at radius 1 is 1.38 bits per heavy atom. The first-order valence-electron chi connectivity index (χ1n) is 4.47. The zero-order chi connectivity index (χ0) is 12.3. The van der Waals surface area contributed by atoms with Crippen LogP contribution in [0.25, 0.3) is 0 Å². The van der Waals surface area contributed by atoms with Gasteiger partial charge in [0.05, 0.1) is 5.56 Å². The molecule has 4 nitrogen and oxygen atoms in total. The van der Waals surface area contributed by atoms with E-state index in [2.05, 4.69) is 5.32 Å². The summed E-state index contributed by atoms with van der Waals surface area (Å²) >= 11 is 0. The fraction of sp³-hybridized carbons (Fsp3) is 0.200. The topological polar surface area (TPSA) is 72.2 Å². The molecule has 1 atom stereocenters. The van der Waals surface area contributed by atoms with Crippen LogP contribution in [0, 0.1) is 11.6 Å². The lowest BCUT2D eigenvalue weighted by atomic mass is 10.2. The normalized spacial score (nSPS) is 11.9. The van der Waals surface area contributed by atoms with Gasteiger partial charge in [0.1, 0.15) is 17.7 Å². The Kier molecular flexibility index (Phi) is 3.55. The Morgan fingerprint density at radius 2 is 2.00 bits per heavy atom. The molecule has 0 saturated heterocycles. The van der Waals surface area contributed by atoms with Gasteiger partial charge >= 0.3 is 0 Å². The Balaban J connectivity index is 2.88. The third-order valence-corrected chi connectivity index (χ3v) is 1.95. The molecule has 1 rings (SSSR count). The molecule has 0 fully saturated rings. The highest BCUT2D eigenvalue weighted by Crippen LogP contribution is 2.09. The Hall–Kier alpha value is -1.98. The van der Waals surface area contributed by atoms with Gasteiger partial charge in [-0.2, -0.15) is 0 Å². The molecule has 0 aliphatic rings. The number of rotatable bonds is 3. The van der Waals surface area contributed by atoms with Crippen LogP contribution in [-0.2, 0) is 4.79 Å². The molecular weight excluding hydrogens is 218 g/mol. The molecule has 0 bridgehead atoms. The molecule has 86 valence electrons. The summed E-state index contributed by atoms with van der Waals surface area (Å²) in [5.41, 5.74) is 4.44. The highest BCUT2D eigenvalue weighted by molar-refractivity contribution is 5.97. The molecule has 16 heavy (non-hydrogen) atoms. The second-order valence-corrected chi connectivity index (χ2v) is 3.22. The molecule has 3 N–H and O–H groups in total. The van der Waals surface area contributed by atoms with E-state index in [1.165, 1.54) is 6.92 Å². The standard InChI is InChI=1S/C10H10F2N2O2/c1-5(9(13)15)14-10(16)7-4-6(11)2-3-8(7)12/h2-5H,1H3,(H2,13,15)(H,14,16)/t5-/m0/s1. The number of benzene rings is 1. The maximum Gasteiger partial charge on any atom is 0.255 e. The molecule has 0 saturated carbocycles. The lowest BCUT2D eigenvalue weighted by molar-refractivity contribution is -0.119. The minimum atomic E-state index is -0.949. The van der Waals surface area contributed by atoms with Gasteiger partial charge in [0, 0.05) is 0 Å². The van der Waals surface area contributed by atoms with Crippen molar-refractivity contribution in [1.82, 2.24) is 5.32 Å². The summed E-state index contributed by atoms with van der Waals surface area (Å²) in [5, 5.41) is 2.14. The van der Waals surface area contributed by atoms with E-state index >= 15 is 0 Å². The molecule has 6 heteroatoms. The van der Waals surface area contributed by atoms with Crippen molar-refractivity contribution in [2.45, 2.75) is 13.0 Å². The monoisotopic (exact) mass is 228 g/mol. The summed E-state index contributed by atoms with van der Waals surface area (Å²) in [6.45, 7) is 1.34. The van der Waals surface area contributed by atoms with Crippen LogP contribution < -0.4 is 11.1 Å². The number of primary amides is 1. The van der Waals surface area contributed by atoms with Crippen molar-refractivity contribution < 1.29 is 18.4 Å². The van der Waals surface area contributed by atoms with Gasteiger partial charge in [0.2, 0.25) is 5.91 Å². The number of amides is 2. The van der Waals surface area contributed by atoms with Crippen LogP contribution in [-0.4, -0.2) is 17.9 Å². The van der Waals surface area contributed by atoms with Crippen LogP contribution in [0.15, 0.2) is 18.2 Å². The number of hydrogen-bond acceptors (Lipinski definition) is 2. The van der Waals surface area contributed by atoms with Crippen LogP contribution in [0.5, 0.6) is 0 Å². The molecule has 0 aliphatic heterocycles. The Bertz CT molecular complexity index is 435. The van der Waals surface area contributed by atoms with Gasteiger partial charge in [-0.25, -0.2) is 8.78 Å². The van der Waals surface area contributed by atoms with Crippen LogP contribution in [0.4, 0.5) is 8.78 Å². The van der Waals surface area contributed by atoms with Crippen molar-refractivity contribution in [2.75, 3.05) is 0 Å². The second-order valence-electron chi connectivity index (χ2n) is 3.22. The van der Waals surface area contributed by atoms with E-state index in [4.69, 9.17) is 5.73 Å². The molecule has 0 radical (unpaired) electrons. The molecule has 0 aliphatic carbocycles. The smallest absolute Gasteiger partial charge is 0.255 e. The first kappa shape index (κ1) is 12.1. The minimum absolute atomic E-state index is 0.465. The summed E-state index contributed by atoms with van der Waals surface area (Å²) in [6.07, 6.45) is 0. The predicted octanol–water partition coefficient (Wildman–Crippen LogP) is 0.568. The summed E-state index contributed by atoms with van der Waals surface area (Å²) in [5.74, 6) is -3.25. The van der Waals surface area contributed by atoms with Gasteiger partial charge < -0.3 is 11.1 Å². The minimum Gasteiger partial charge on any atom is -0.368 e. The zero-order valence-electron chi connectivity index (χ0n) is 8.46. The second kappa shape index (κ2) is 4.69. The Morgan fingerprint density at radius 3 is 2.56 bits per heavy atom. The maximum atomic E-state index is 13.1. The lowest BCUT2D eigenvalue weighted by Gasteiger charge is -2.10. The predicted molar refractivity (Wildman–Crippen MR) is 52.5 cm³/mol. The quantitative estimate of drug-likeness (QED) is 0.793. The largest absolute Gasteiger partial charge is 0.368 e. The fourth-order valence-corrected chi connectivity index (χ4v) is 1.02. The first-order valence-corrected chi connectivity index (χ1v) is 4.47. The van der Waals surface area contributed by atoms with Gasteiger partial charge in [-0.05, 0) is 25.1 Å². The van der Waals surface area contributed by atoms with Gasteiger partial charge in [-0.15, -0.1) is 0 Å². The average Bonchev–Trinajstić information content (AvgIpc) is 2.21. The van der Waals surface area contributed by atoms with Crippen LogP contribution in [0.3, 0.4) is 0 Å². The molecule has 2 amide bonds. The van der Waals surface area contributed by atoms with Crippen LogP contribution in [0.1, 0.15) is 17.3 Å². The summed E-state index contributed by atoms with van der Waals surface area (Å²) in [7, 11) is 0. The van der Waals surface area contributed by atoms with E-state index in [0.717, 1.165) is 18.2 Å². The number of halogens is 2. The summed E-state index contributed by atoms with van der Waals surface area (Å²) < 4.78 is 25.9. The van der Waals surface area contributed by atoms with E-state index in [0.29, 0.717) is 0 Å². The molecule has 1 aromatic rings. The van der Waals surface area contributed by atoms with Crippen LogP contribution in [0.2, 0.25) is 0 Å². The van der Waals surface area contributed by atoms with Crippen molar-refractivity contribution in [1.29, 1.82) is 0 Å². The number of carbonyl (C=O) groups excluding carboxylic acids is 2. The number of carbonyl (C=O) groups is 2. The average molecular weight is 228 g/mol. The fourth-order valence-electron chi connectivity index (χ4n) is 1.02. The number of nitrogens with one attached hydrogen (secondary N) is 1. The lowest BCUT2D eigenvalue weighted by Crippen LogP contribution is -2.42. The van der Waals surface area contributed by atoms with Gasteiger partial charge in [-0.1, -0.05) is 0 Å². The highest BCUT2D eigenvalue weighted by atomic mass is 19.1. The third-order valence-electron chi connectivity index (χ3n) is 1.95. The Labute approximate surface area is 90.4 Å². The van der Waals surface area contributed by atoms with E-state index in [-0.39, 0.29) is 0 Å². The molecule has 0 spiro atoms. The zero-order valence-corrected chi connectivity index (χ0v) is 8.46. The van der Waals surface area contributed by atoms with Crippen molar-refractivity contribution in [3.8, 4) is 0 Å². The van der Waals surface area contributed by atoms with E-state index in [1.807, 2.05) is 0 Å². The first-order chi connectivity index (χ1) is 7.41. The van der Waals surface area contributed by atoms with E-state index < -0.39 is 35.1 Å². The third kappa shape index (κ3) is 2.75. The van der Waals surface area contributed by atoms with Gasteiger partial charge in [0.15, 0.2) is 0 Å². The summed E-state index contributed by atoms with van der Waals surface area (Å²) in [6, 6.07) is 1.52. The van der Waals surface area contributed by atoms with Crippen molar-refractivity contribution >= 4 is 11.8 Å². The molecule has 0 unspecified atom stereocenters. The van der Waals surface area contributed by atoms with Crippen molar-refractivity contribution in [3.05, 3.63) is 35.4 Å². The maximum absolute atomic E-state index is 13.1. The number of nitrogens with two attached hydrogens (primary N) is 1. The molecular formula is C10H10F2N2O2. The van der Waals surface area contributed by atoms with Crippen molar-refractivity contribution in [2.24, 2.45) is 5.73 Å². The number of hydrogen-bond donors (Lipinski definition) is 2. The van der Waals surface area contributed by atoms with Gasteiger partial charge in [0.25, 0.3) is 5.91 Å².